The molecule has 0 unspecified atom stereocenters. The molecule has 0 aliphatic heterocycles. The Balaban J connectivity index is 2.12. The fourth-order valence-corrected chi connectivity index (χ4v) is 1.95. The van der Waals surface area contributed by atoms with Gasteiger partial charge in [0.15, 0.2) is 0 Å². The number of rotatable bonds is 3. The summed E-state index contributed by atoms with van der Waals surface area (Å²) in [6, 6.07) is 9.20. The molecule has 0 aromatic heterocycles. The van der Waals surface area contributed by atoms with Gasteiger partial charge in [0.05, 0.1) is 15.7 Å². The van der Waals surface area contributed by atoms with Gasteiger partial charge in [0.1, 0.15) is 5.75 Å². The van der Waals surface area contributed by atoms with Crippen LogP contribution in [0.5, 0.6) is 5.75 Å². The highest BCUT2D eigenvalue weighted by Crippen LogP contribution is 2.30. The summed E-state index contributed by atoms with van der Waals surface area (Å²) in [6.45, 7) is 0. The summed E-state index contributed by atoms with van der Waals surface area (Å²) in [4.78, 5) is 12.0. The standard InChI is InChI=1S/C14H8Cl2F3NO2/c15-10-2-1-3-11(12(10)16)20-13(21)8-4-6-9(7-5-8)22-14(17,18)19/h1-7H,(H,20,21). The Morgan fingerprint density at radius 3 is 2.27 bits per heavy atom. The molecule has 1 N–H and O–H groups in total. The lowest BCUT2D eigenvalue weighted by Crippen LogP contribution is -2.17. The van der Waals surface area contributed by atoms with E-state index in [0.29, 0.717) is 5.69 Å². The van der Waals surface area contributed by atoms with E-state index in [4.69, 9.17) is 23.2 Å². The fraction of sp³-hybridized carbons (Fsp3) is 0.0714. The molecule has 0 spiro atoms. The Kier molecular flexibility index (Phi) is 4.83. The smallest absolute Gasteiger partial charge is 0.406 e. The maximum Gasteiger partial charge on any atom is 0.573 e. The normalized spacial score (nSPS) is 11.1. The summed E-state index contributed by atoms with van der Waals surface area (Å²) in [5, 5.41) is 2.96. The Morgan fingerprint density at radius 2 is 1.68 bits per heavy atom. The molecule has 0 radical (unpaired) electrons. The summed E-state index contributed by atoms with van der Waals surface area (Å²) in [5.74, 6) is -0.951. The van der Waals surface area contributed by atoms with Crippen LogP contribution in [0.2, 0.25) is 10.0 Å². The third-order valence-corrected chi connectivity index (χ3v) is 3.37. The van der Waals surface area contributed by atoms with E-state index < -0.39 is 18.0 Å². The van der Waals surface area contributed by atoms with Gasteiger partial charge in [0.2, 0.25) is 0 Å². The van der Waals surface area contributed by atoms with Crippen LogP contribution in [-0.4, -0.2) is 12.3 Å². The first kappa shape index (κ1) is 16.5. The van der Waals surface area contributed by atoms with Gasteiger partial charge < -0.3 is 10.1 Å². The quantitative estimate of drug-likeness (QED) is 0.832. The maximum absolute atomic E-state index is 12.0. The summed E-state index contributed by atoms with van der Waals surface area (Å²) >= 11 is 11.8. The highest BCUT2D eigenvalue weighted by atomic mass is 35.5. The van der Waals surface area contributed by atoms with E-state index in [1.807, 2.05) is 0 Å². The van der Waals surface area contributed by atoms with Gasteiger partial charge in [0, 0.05) is 5.56 Å². The lowest BCUT2D eigenvalue weighted by Gasteiger charge is -2.10. The van der Waals surface area contributed by atoms with E-state index in [1.165, 1.54) is 12.1 Å². The van der Waals surface area contributed by atoms with Crippen molar-refractivity contribution >= 4 is 34.8 Å². The Bertz CT molecular complexity index is 687. The van der Waals surface area contributed by atoms with E-state index in [9.17, 15) is 18.0 Å². The minimum atomic E-state index is -4.78. The highest BCUT2D eigenvalue weighted by molar-refractivity contribution is 6.44. The van der Waals surface area contributed by atoms with Crippen LogP contribution in [0.1, 0.15) is 10.4 Å². The molecule has 0 saturated heterocycles. The number of carbonyl (C=O) groups is 1. The average molecular weight is 350 g/mol. The van der Waals surface area contributed by atoms with Crippen LogP contribution in [0.15, 0.2) is 42.5 Å². The van der Waals surface area contributed by atoms with Crippen molar-refractivity contribution in [3.05, 3.63) is 58.1 Å². The van der Waals surface area contributed by atoms with Crippen LogP contribution >= 0.6 is 23.2 Å². The Hall–Kier alpha value is -1.92. The molecule has 3 nitrogen and oxygen atoms in total. The van der Waals surface area contributed by atoms with Crippen LogP contribution in [-0.2, 0) is 0 Å². The van der Waals surface area contributed by atoms with Gasteiger partial charge in [-0.3, -0.25) is 4.79 Å². The first-order valence-electron chi connectivity index (χ1n) is 5.87. The van der Waals surface area contributed by atoms with Gasteiger partial charge in [-0.25, -0.2) is 0 Å². The number of carbonyl (C=O) groups excluding carboxylic acids is 1. The number of amides is 1. The van der Waals surface area contributed by atoms with E-state index in [2.05, 4.69) is 10.1 Å². The second-order valence-electron chi connectivity index (χ2n) is 4.13. The van der Waals surface area contributed by atoms with Gasteiger partial charge >= 0.3 is 6.36 Å². The molecular weight excluding hydrogens is 342 g/mol. The number of anilines is 1. The van der Waals surface area contributed by atoms with Crippen molar-refractivity contribution < 1.29 is 22.7 Å². The van der Waals surface area contributed by atoms with Crippen LogP contribution in [0.4, 0.5) is 18.9 Å². The van der Waals surface area contributed by atoms with E-state index in [-0.39, 0.29) is 15.6 Å². The largest absolute Gasteiger partial charge is 0.573 e. The number of benzene rings is 2. The van der Waals surface area contributed by atoms with Crippen molar-refractivity contribution in [1.82, 2.24) is 0 Å². The SMILES string of the molecule is O=C(Nc1cccc(Cl)c1Cl)c1ccc(OC(F)(F)F)cc1. The molecule has 0 fully saturated rings. The van der Waals surface area contributed by atoms with E-state index in [1.54, 1.807) is 18.2 Å². The van der Waals surface area contributed by atoms with Crippen LogP contribution in [0.25, 0.3) is 0 Å². The van der Waals surface area contributed by atoms with Crippen LogP contribution in [0.3, 0.4) is 0 Å². The van der Waals surface area contributed by atoms with Gasteiger partial charge in [-0.1, -0.05) is 29.3 Å². The third-order valence-electron chi connectivity index (χ3n) is 2.55. The molecule has 0 atom stereocenters. The molecule has 0 bridgehead atoms. The fourth-order valence-electron chi connectivity index (χ4n) is 1.60. The minimum Gasteiger partial charge on any atom is -0.406 e. The number of ether oxygens (including phenoxy) is 1. The average Bonchev–Trinajstić information content (AvgIpc) is 2.43. The van der Waals surface area contributed by atoms with Crippen molar-refractivity contribution in [3.8, 4) is 5.75 Å². The Labute approximate surface area is 133 Å². The predicted octanol–water partition coefficient (Wildman–Crippen LogP) is 5.14. The maximum atomic E-state index is 12.0. The van der Waals surface area contributed by atoms with Crippen molar-refractivity contribution in [1.29, 1.82) is 0 Å². The monoisotopic (exact) mass is 349 g/mol. The molecule has 2 rings (SSSR count). The molecule has 0 aliphatic rings. The summed E-state index contributed by atoms with van der Waals surface area (Å²) in [5.41, 5.74) is 0.445. The van der Waals surface area contributed by atoms with Crippen molar-refractivity contribution in [2.75, 3.05) is 5.32 Å². The molecule has 0 heterocycles. The zero-order valence-corrected chi connectivity index (χ0v) is 12.3. The number of nitrogens with one attached hydrogen (secondary N) is 1. The molecule has 8 heteroatoms. The molecule has 1 amide bonds. The van der Waals surface area contributed by atoms with Gasteiger partial charge in [-0.05, 0) is 36.4 Å². The molecule has 116 valence electrons. The predicted molar refractivity (Wildman–Crippen MR) is 77.5 cm³/mol. The lowest BCUT2D eigenvalue weighted by molar-refractivity contribution is -0.274. The summed E-state index contributed by atoms with van der Waals surface area (Å²) in [7, 11) is 0. The minimum absolute atomic E-state index is 0.144. The molecular formula is C14H8Cl2F3NO2. The topological polar surface area (TPSA) is 38.3 Å². The number of alkyl halides is 3. The lowest BCUT2D eigenvalue weighted by atomic mass is 10.2. The van der Waals surface area contributed by atoms with E-state index >= 15 is 0 Å². The van der Waals surface area contributed by atoms with Crippen LogP contribution < -0.4 is 10.1 Å². The first-order valence-corrected chi connectivity index (χ1v) is 6.63. The molecule has 0 saturated carbocycles. The van der Waals surface area contributed by atoms with E-state index in [0.717, 1.165) is 12.1 Å². The second-order valence-corrected chi connectivity index (χ2v) is 4.91. The molecule has 0 aliphatic carbocycles. The van der Waals surface area contributed by atoms with Gasteiger partial charge in [-0.15, -0.1) is 13.2 Å². The second kappa shape index (κ2) is 6.46. The summed E-state index contributed by atoms with van der Waals surface area (Å²) in [6.07, 6.45) is -4.78. The number of hydrogen-bond donors (Lipinski definition) is 1. The van der Waals surface area contributed by atoms with Gasteiger partial charge in [0.25, 0.3) is 5.91 Å². The number of halogens is 5. The first-order chi connectivity index (χ1) is 10.3. The molecule has 2 aromatic carbocycles. The third kappa shape index (κ3) is 4.29. The molecule has 22 heavy (non-hydrogen) atoms. The Morgan fingerprint density at radius 1 is 1.05 bits per heavy atom. The van der Waals surface area contributed by atoms with Gasteiger partial charge in [-0.2, -0.15) is 0 Å². The van der Waals surface area contributed by atoms with Crippen molar-refractivity contribution in [2.45, 2.75) is 6.36 Å². The van der Waals surface area contributed by atoms with Crippen LogP contribution in [0, 0.1) is 0 Å². The van der Waals surface area contributed by atoms with Crippen molar-refractivity contribution in [3.63, 3.8) is 0 Å². The highest BCUT2D eigenvalue weighted by Gasteiger charge is 2.31. The number of hydrogen-bond acceptors (Lipinski definition) is 2. The molecule has 2 aromatic rings. The zero-order valence-electron chi connectivity index (χ0n) is 10.7. The zero-order chi connectivity index (χ0) is 16.3. The summed E-state index contributed by atoms with van der Waals surface area (Å²) < 4.78 is 39.8. The van der Waals surface area contributed by atoms with Crippen molar-refractivity contribution in [2.24, 2.45) is 0 Å².